The Morgan fingerprint density at radius 3 is 2.88 bits per heavy atom. The topological polar surface area (TPSA) is 110 Å². The highest BCUT2D eigenvalue weighted by Crippen LogP contribution is 2.41. The van der Waals surface area contributed by atoms with E-state index < -0.39 is 41.9 Å². The van der Waals surface area contributed by atoms with Gasteiger partial charge in [-0.3, -0.25) is 4.79 Å². The van der Waals surface area contributed by atoms with E-state index in [4.69, 9.17) is 11.2 Å². The number of hydrogen-bond acceptors (Lipinski definition) is 6. The van der Waals surface area contributed by atoms with Crippen molar-refractivity contribution in [1.82, 2.24) is 0 Å². The number of aliphatic carboxylic acids is 1. The highest BCUT2D eigenvalue weighted by molar-refractivity contribution is 5.97. The minimum atomic E-state index is -2.59. The molecule has 1 saturated heterocycles. The summed E-state index contributed by atoms with van der Waals surface area (Å²) in [6, 6.07) is 0. The molecule has 92 valence electrons. The summed E-state index contributed by atoms with van der Waals surface area (Å²) in [5, 5.41) is 18.9. The van der Waals surface area contributed by atoms with Crippen molar-refractivity contribution in [2.24, 2.45) is 5.92 Å². The second kappa shape index (κ2) is 3.56. The number of fused-ring (bicyclic) bond motifs is 2. The van der Waals surface area contributed by atoms with Crippen molar-refractivity contribution < 1.29 is 35.4 Å². The van der Waals surface area contributed by atoms with Crippen LogP contribution in [0.4, 0.5) is 0 Å². The minimum absolute atomic E-state index is 0.118. The first-order valence-electron chi connectivity index (χ1n) is 5.30. The van der Waals surface area contributed by atoms with E-state index >= 15 is 0 Å². The van der Waals surface area contributed by atoms with Crippen molar-refractivity contribution in [3.8, 4) is 0 Å². The fourth-order valence-electron chi connectivity index (χ4n) is 1.88. The molecule has 3 aliphatic rings. The second-order valence-electron chi connectivity index (χ2n) is 3.75. The average molecular weight is 243 g/mol. The van der Waals surface area contributed by atoms with E-state index in [2.05, 4.69) is 4.74 Å². The van der Waals surface area contributed by atoms with Crippen molar-refractivity contribution in [2.45, 2.75) is 18.1 Å². The van der Waals surface area contributed by atoms with Crippen LogP contribution in [0.1, 0.15) is 7.77 Å². The lowest BCUT2D eigenvalue weighted by Gasteiger charge is -2.42. The van der Waals surface area contributed by atoms with E-state index in [1.54, 1.807) is 0 Å². The quantitative estimate of drug-likeness (QED) is 0.589. The summed E-state index contributed by atoms with van der Waals surface area (Å²) in [6.45, 7) is 0. The van der Waals surface area contributed by atoms with Crippen molar-refractivity contribution >= 4 is 17.9 Å². The number of carboxylic acid groups (broad SMARTS) is 1. The molecule has 7 nitrogen and oxygen atoms in total. The van der Waals surface area contributed by atoms with Crippen LogP contribution in [-0.2, 0) is 23.9 Å². The van der Waals surface area contributed by atoms with Crippen molar-refractivity contribution in [3.63, 3.8) is 0 Å². The van der Waals surface area contributed by atoms with Crippen LogP contribution in [0.3, 0.4) is 0 Å². The summed E-state index contributed by atoms with van der Waals surface area (Å²) in [5.74, 6) is -5.07. The predicted molar refractivity (Wildman–Crippen MR) is 50.7 cm³/mol. The van der Waals surface area contributed by atoms with Gasteiger partial charge < -0.3 is 19.7 Å². The van der Waals surface area contributed by atoms with Crippen molar-refractivity contribution in [3.05, 3.63) is 11.6 Å². The molecule has 0 unspecified atom stereocenters. The molecule has 0 aromatic heterocycles. The summed E-state index contributed by atoms with van der Waals surface area (Å²) < 4.78 is 16.9. The molecule has 3 rings (SSSR count). The Hall–Kier alpha value is -1.89. The van der Waals surface area contributed by atoms with Gasteiger partial charge in [-0.15, -0.1) is 0 Å². The molecule has 0 aromatic rings. The SMILES string of the molecule is [2H][C@H]1[C@H]2OC(=O)[C@H](C=C2C(=O)OC)[C@]1(O)C(=O)O. The molecule has 17 heavy (non-hydrogen) atoms. The van der Waals surface area contributed by atoms with Crippen LogP contribution in [0.25, 0.3) is 0 Å². The average Bonchev–Trinajstić information content (AvgIpc) is 2.33. The van der Waals surface area contributed by atoms with E-state index in [1.165, 1.54) is 0 Å². The highest BCUT2D eigenvalue weighted by atomic mass is 16.6. The van der Waals surface area contributed by atoms with Crippen LogP contribution in [0.5, 0.6) is 0 Å². The van der Waals surface area contributed by atoms with Gasteiger partial charge in [-0.1, -0.05) is 6.08 Å². The lowest BCUT2D eigenvalue weighted by Crippen LogP contribution is -2.59. The van der Waals surface area contributed by atoms with Gasteiger partial charge in [0.25, 0.3) is 0 Å². The van der Waals surface area contributed by atoms with E-state index in [9.17, 15) is 19.5 Å². The Labute approximate surface area is 97.0 Å². The molecule has 0 aromatic carbocycles. The molecule has 0 amide bonds. The van der Waals surface area contributed by atoms with Crippen LogP contribution in [0.2, 0.25) is 0 Å². The van der Waals surface area contributed by atoms with Crippen LogP contribution < -0.4 is 0 Å². The molecule has 7 heteroatoms. The van der Waals surface area contributed by atoms with Crippen LogP contribution >= 0.6 is 0 Å². The van der Waals surface area contributed by atoms with Gasteiger partial charge in [0.2, 0.25) is 0 Å². The van der Waals surface area contributed by atoms with Gasteiger partial charge in [0.05, 0.1) is 12.7 Å². The van der Waals surface area contributed by atoms with Gasteiger partial charge in [-0.05, 0) is 0 Å². The third-order valence-corrected chi connectivity index (χ3v) is 2.79. The Balaban J connectivity index is 2.52. The Kier molecular flexibility index (Phi) is 2.15. The molecule has 0 radical (unpaired) electrons. The first kappa shape index (κ1) is 10.3. The standard InChI is InChI=1S/C10H10O7/c1-16-7(11)4-2-5-8(12)17-6(4)3-10(5,15)9(13)14/h2,5-6,15H,3H2,1H3,(H,13,14)/t5-,6+,10-/m0/s1/i3D/t3-,5-,6+,10-. The molecule has 0 saturated carbocycles. The minimum Gasteiger partial charge on any atom is -0.479 e. The third kappa shape index (κ3) is 1.50. The largest absolute Gasteiger partial charge is 0.479 e. The first-order valence-corrected chi connectivity index (χ1v) is 4.72. The normalized spacial score (nSPS) is 40.1. The highest BCUT2D eigenvalue weighted by Gasteiger charge is 2.58. The van der Waals surface area contributed by atoms with E-state index in [-0.39, 0.29) is 5.57 Å². The van der Waals surface area contributed by atoms with Gasteiger partial charge in [0.15, 0.2) is 5.60 Å². The monoisotopic (exact) mass is 243 g/mol. The Morgan fingerprint density at radius 2 is 2.35 bits per heavy atom. The fraction of sp³-hybridized carbons (Fsp3) is 0.500. The molecular weight excluding hydrogens is 232 g/mol. The van der Waals surface area contributed by atoms with Crippen LogP contribution in [-0.4, -0.2) is 46.9 Å². The summed E-state index contributed by atoms with van der Waals surface area (Å²) in [6.07, 6.45) is -2.12. The molecular formula is C10H10O7. The van der Waals surface area contributed by atoms with Crippen molar-refractivity contribution in [1.29, 1.82) is 0 Å². The number of carbonyl (C=O) groups is 3. The second-order valence-corrected chi connectivity index (χ2v) is 3.75. The van der Waals surface area contributed by atoms with Gasteiger partial charge in [0.1, 0.15) is 12.0 Å². The van der Waals surface area contributed by atoms with E-state index in [1.807, 2.05) is 0 Å². The maximum Gasteiger partial charge on any atom is 0.337 e. The lowest BCUT2D eigenvalue weighted by molar-refractivity contribution is -0.195. The molecule has 1 aliphatic carbocycles. The van der Waals surface area contributed by atoms with E-state index in [0.717, 1.165) is 13.2 Å². The summed E-state index contributed by atoms with van der Waals surface area (Å²) >= 11 is 0. The molecule has 2 heterocycles. The number of aliphatic hydroxyl groups is 1. The summed E-state index contributed by atoms with van der Waals surface area (Å²) in [7, 11) is 1.11. The third-order valence-electron chi connectivity index (χ3n) is 2.79. The van der Waals surface area contributed by atoms with Gasteiger partial charge in [-0.2, -0.15) is 0 Å². The number of esters is 2. The molecule has 2 aliphatic heterocycles. The summed E-state index contributed by atoms with van der Waals surface area (Å²) in [5.41, 5.74) is -2.70. The first-order chi connectivity index (χ1) is 8.33. The maximum atomic E-state index is 11.5. The van der Waals surface area contributed by atoms with E-state index in [0.29, 0.717) is 0 Å². The summed E-state index contributed by atoms with van der Waals surface area (Å²) in [4.78, 5) is 33.9. The van der Waals surface area contributed by atoms with Gasteiger partial charge in [-0.25, -0.2) is 9.59 Å². The lowest BCUT2D eigenvalue weighted by atomic mass is 9.73. The zero-order valence-corrected chi connectivity index (χ0v) is 8.75. The van der Waals surface area contributed by atoms with Gasteiger partial charge in [0, 0.05) is 7.77 Å². The smallest absolute Gasteiger partial charge is 0.337 e. The zero-order valence-electron chi connectivity index (χ0n) is 9.75. The van der Waals surface area contributed by atoms with Crippen LogP contribution in [0.15, 0.2) is 11.6 Å². The number of hydrogen-bond donors (Lipinski definition) is 2. The molecule has 2 N–H and O–H groups in total. The number of carbonyl (C=O) groups excluding carboxylic acids is 2. The number of methoxy groups -OCH3 is 1. The molecule has 2 bridgehead atoms. The maximum absolute atomic E-state index is 11.5. The zero-order chi connectivity index (χ0) is 13.7. The molecule has 0 spiro atoms. The Bertz CT molecular complexity index is 471. The van der Waals surface area contributed by atoms with Gasteiger partial charge >= 0.3 is 17.9 Å². The number of ether oxygens (including phenoxy) is 2. The predicted octanol–water partition coefficient (Wildman–Crippen LogP) is -1.15. The number of carboxylic acids is 1. The Morgan fingerprint density at radius 1 is 1.71 bits per heavy atom. The van der Waals surface area contributed by atoms with Crippen molar-refractivity contribution in [2.75, 3.05) is 7.11 Å². The fourth-order valence-corrected chi connectivity index (χ4v) is 1.88. The molecule has 4 atom stereocenters. The number of rotatable bonds is 2. The molecule has 1 fully saturated rings. The van der Waals surface area contributed by atoms with Crippen LogP contribution in [0, 0.1) is 5.92 Å².